The van der Waals surface area contributed by atoms with Gasteiger partial charge in [-0.05, 0) is 18.6 Å². The molecule has 3 rings (SSSR count). The van der Waals surface area contributed by atoms with Crippen molar-refractivity contribution in [1.82, 2.24) is 10.3 Å². The Kier molecular flexibility index (Phi) is 3.53. The second-order valence-corrected chi connectivity index (χ2v) is 6.02. The molecule has 20 heavy (non-hydrogen) atoms. The van der Waals surface area contributed by atoms with E-state index in [0.29, 0.717) is 6.54 Å². The number of aromatic nitrogens is 1. The third-order valence-corrected chi connectivity index (χ3v) is 4.93. The maximum Gasteiger partial charge on any atom is 0.240 e. The van der Waals surface area contributed by atoms with Gasteiger partial charge in [0.2, 0.25) is 5.91 Å². The van der Waals surface area contributed by atoms with Crippen molar-refractivity contribution in [3.8, 4) is 0 Å². The van der Waals surface area contributed by atoms with Gasteiger partial charge in [-0.25, -0.2) is 0 Å². The molecule has 1 aliphatic heterocycles. The van der Waals surface area contributed by atoms with Crippen LogP contribution in [0.2, 0.25) is 0 Å². The lowest BCUT2D eigenvalue weighted by atomic mass is 9.96. The molecule has 1 amide bonds. The van der Waals surface area contributed by atoms with Gasteiger partial charge in [0.1, 0.15) is 0 Å². The monoisotopic (exact) mass is 287 g/mol. The van der Waals surface area contributed by atoms with E-state index in [-0.39, 0.29) is 17.1 Å². The molecular weight excluding hydrogens is 270 g/mol. The molecule has 1 aromatic carbocycles. The zero-order chi connectivity index (χ0) is 14.1. The van der Waals surface area contributed by atoms with Gasteiger partial charge in [0.15, 0.2) is 5.17 Å². The van der Waals surface area contributed by atoms with E-state index in [2.05, 4.69) is 34.3 Å². The largest absolute Gasteiger partial charge is 0.361 e. The molecule has 0 radical (unpaired) electrons. The Hall–Kier alpha value is -1.75. The Labute approximate surface area is 122 Å². The van der Waals surface area contributed by atoms with Gasteiger partial charge in [0, 0.05) is 29.6 Å². The number of amidine groups is 1. The third kappa shape index (κ3) is 2.22. The predicted octanol–water partition coefficient (Wildman–Crippen LogP) is 2.88. The summed E-state index contributed by atoms with van der Waals surface area (Å²) in [6.07, 6.45) is 2.01. The molecular formula is C15H17N3OS. The first-order chi connectivity index (χ1) is 9.70. The average Bonchev–Trinajstić information content (AvgIpc) is 3.02. The molecule has 2 N–H and O–H groups in total. The number of fused-ring (bicyclic) bond motifs is 1. The van der Waals surface area contributed by atoms with Gasteiger partial charge in [-0.3, -0.25) is 9.79 Å². The predicted molar refractivity (Wildman–Crippen MR) is 84.2 cm³/mol. The fourth-order valence-corrected chi connectivity index (χ4v) is 3.68. The molecule has 104 valence electrons. The number of hydrogen-bond donors (Lipinski definition) is 2. The van der Waals surface area contributed by atoms with Crippen molar-refractivity contribution in [2.45, 2.75) is 25.0 Å². The molecule has 2 aromatic rings. The normalized spacial score (nSPS) is 22.4. The van der Waals surface area contributed by atoms with Crippen LogP contribution in [0.15, 0.2) is 35.5 Å². The fraction of sp³-hybridized carbons (Fsp3) is 0.333. The van der Waals surface area contributed by atoms with Gasteiger partial charge in [0.05, 0.1) is 5.25 Å². The van der Waals surface area contributed by atoms with Gasteiger partial charge in [-0.2, -0.15) is 0 Å². The number of benzene rings is 1. The van der Waals surface area contributed by atoms with Crippen molar-refractivity contribution >= 4 is 33.7 Å². The number of rotatable bonds is 3. The second-order valence-electron chi connectivity index (χ2n) is 4.89. The summed E-state index contributed by atoms with van der Waals surface area (Å²) < 4.78 is 0. The number of nitrogens with one attached hydrogen (secondary N) is 2. The zero-order valence-corrected chi connectivity index (χ0v) is 12.3. The minimum Gasteiger partial charge on any atom is -0.361 e. The molecule has 0 saturated carbocycles. The number of thioether (sulfide) groups is 1. The highest BCUT2D eigenvalue weighted by Crippen LogP contribution is 2.35. The smallest absolute Gasteiger partial charge is 0.240 e. The van der Waals surface area contributed by atoms with Crippen LogP contribution in [0.1, 0.15) is 25.3 Å². The van der Waals surface area contributed by atoms with E-state index >= 15 is 0 Å². The van der Waals surface area contributed by atoms with Crippen LogP contribution in [0, 0.1) is 0 Å². The van der Waals surface area contributed by atoms with Gasteiger partial charge >= 0.3 is 0 Å². The summed E-state index contributed by atoms with van der Waals surface area (Å²) in [7, 11) is 0. The van der Waals surface area contributed by atoms with Gasteiger partial charge in [-0.1, -0.05) is 36.9 Å². The molecule has 2 heterocycles. The number of aliphatic imine (C=N–C) groups is 1. The van der Waals surface area contributed by atoms with Crippen LogP contribution in [0.3, 0.4) is 0 Å². The van der Waals surface area contributed by atoms with E-state index in [9.17, 15) is 4.79 Å². The molecule has 0 spiro atoms. The summed E-state index contributed by atoms with van der Waals surface area (Å²) in [5.74, 6) is 0.195. The number of H-pyrrole nitrogens is 1. The zero-order valence-electron chi connectivity index (χ0n) is 11.5. The number of amides is 1. The highest BCUT2D eigenvalue weighted by atomic mass is 32.2. The Balaban J connectivity index is 1.91. The molecule has 5 heteroatoms. The maximum atomic E-state index is 12.1. The van der Waals surface area contributed by atoms with Crippen molar-refractivity contribution in [2.75, 3.05) is 6.54 Å². The summed E-state index contributed by atoms with van der Waals surface area (Å²) in [5, 5.41) is 4.68. The lowest BCUT2D eigenvalue weighted by Gasteiger charge is -2.14. The quantitative estimate of drug-likeness (QED) is 0.912. The van der Waals surface area contributed by atoms with Crippen molar-refractivity contribution < 1.29 is 4.79 Å². The van der Waals surface area contributed by atoms with Crippen LogP contribution in [-0.4, -0.2) is 27.9 Å². The number of nitrogens with zero attached hydrogens (tertiary/aromatic N) is 1. The molecule has 0 bridgehead atoms. The molecule has 0 unspecified atom stereocenters. The number of para-hydroxylation sites is 1. The van der Waals surface area contributed by atoms with Crippen molar-refractivity contribution in [1.29, 1.82) is 0 Å². The summed E-state index contributed by atoms with van der Waals surface area (Å²) in [5.41, 5.74) is 2.30. The number of aromatic amines is 1. The van der Waals surface area contributed by atoms with Crippen LogP contribution < -0.4 is 5.32 Å². The Morgan fingerprint density at radius 1 is 1.40 bits per heavy atom. The topological polar surface area (TPSA) is 57.2 Å². The van der Waals surface area contributed by atoms with E-state index in [1.807, 2.05) is 25.3 Å². The molecule has 0 aliphatic carbocycles. The van der Waals surface area contributed by atoms with Crippen LogP contribution in [0.5, 0.6) is 0 Å². The number of carbonyl (C=O) groups excluding carboxylic acids is 1. The van der Waals surface area contributed by atoms with E-state index in [1.54, 1.807) is 0 Å². The molecule has 4 nitrogen and oxygen atoms in total. The van der Waals surface area contributed by atoms with Crippen molar-refractivity contribution in [3.63, 3.8) is 0 Å². The SMILES string of the molecule is CCN=C1NC(=O)[C@H]([C@H](C)c2c[nH]c3ccccc23)S1. The van der Waals surface area contributed by atoms with Crippen LogP contribution in [-0.2, 0) is 4.79 Å². The summed E-state index contributed by atoms with van der Waals surface area (Å²) in [4.78, 5) is 19.7. The minimum atomic E-state index is -0.112. The Bertz CT molecular complexity index is 677. The molecule has 1 fully saturated rings. The third-order valence-electron chi connectivity index (χ3n) is 3.59. The fourth-order valence-electron chi connectivity index (χ4n) is 2.56. The number of hydrogen-bond acceptors (Lipinski definition) is 3. The second kappa shape index (κ2) is 5.32. The van der Waals surface area contributed by atoms with Gasteiger partial charge in [-0.15, -0.1) is 0 Å². The highest BCUT2D eigenvalue weighted by molar-refractivity contribution is 8.15. The van der Waals surface area contributed by atoms with Crippen LogP contribution >= 0.6 is 11.8 Å². The van der Waals surface area contributed by atoms with Crippen LogP contribution in [0.25, 0.3) is 10.9 Å². The molecule has 1 saturated heterocycles. The van der Waals surface area contributed by atoms with Gasteiger partial charge in [0.25, 0.3) is 0 Å². The standard InChI is InChI=1S/C15H17N3OS/c1-3-16-15-18-14(19)13(20-15)9(2)11-8-17-12-7-5-4-6-10(11)12/h4-9,13,17H,3H2,1-2H3,(H,16,18,19)/t9-,13+/m1/s1. The number of carbonyl (C=O) groups is 1. The highest BCUT2D eigenvalue weighted by Gasteiger charge is 2.35. The molecule has 1 aromatic heterocycles. The van der Waals surface area contributed by atoms with Crippen molar-refractivity contribution in [3.05, 3.63) is 36.0 Å². The summed E-state index contributed by atoms with van der Waals surface area (Å²) >= 11 is 1.53. The molecule has 1 aliphatic rings. The van der Waals surface area contributed by atoms with E-state index in [4.69, 9.17) is 0 Å². The first kappa shape index (κ1) is 13.2. The average molecular weight is 287 g/mol. The van der Waals surface area contributed by atoms with Gasteiger partial charge < -0.3 is 10.3 Å². The minimum absolute atomic E-state index is 0.0555. The first-order valence-electron chi connectivity index (χ1n) is 6.78. The molecule has 2 atom stereocenters. The van der Waals surface area contributed by atoms with E-state index < -0.39 is 0 Å². The lowest BCUT2D eigenvalue weighted by molar-refractivity contribution is -0.119. The lowest BCUT2D eigenvalue weighted by Crippen LogP contribution is -2.27. The van der Waals surface area contributed by atoms with Crippen molar-refractivity contribution in [2.24, 2.45) is 4.99 Å². The first-order valence-corrected chi connectivity index (χ1v) is 7.66. The summed E-state index contributed by atoms with van der Waals surface area (Å²) in [6, 6.07) is 8.18. The Morgan fingerprint density at radius 3 is 3.00 bits per heavy atom. The van der Waals surface area contributed by atoms with E-state index in [1.165, 1.54) is 22.7 Å². The maximum absolute atomic E-state index is 12.1. The van der Waals surface area contributed by atoms with Crippen LogP contribution in [0.4, 0.5) is 0 Å². The Morgan fingerprint density at radius 2 is 2.20 bits per heavy atom. The van der Waals surface area contributed by atoms with E-state index in [0.717, 1.165) is 10.7 Å². The summed E-state index contributed by atoms with van der Waals surface area (Å²) in [6.45, 7) is 4.76.